The van der Waals surface area contributed by atoms with Crippen LogP contribution in [0.5, 0.6) is 0 Å². The van der Waals surface area contributed by atoms with Gasteiger partial charge in [0.25, 0.3) is 5.91 Å². The van der Waals surface area contributed by atoms with Crippen LogP contribution in [0.3, 0.4) is 0 Å². The highest BCUT2D eigenvalue weighted by Gasteiger charge is 2.37. The summed E-state index contributed by atoms with van der Waals surface area (Å²) >= 11 is 6.62. The topological polar surface area (TPSA) is 38.1 Å². The largest absolute Gasteiger partial charge is 0.335 e. The summed E-state index contributed by atoms with van der Waals surface area (Å²) in [4.78, 5) is 15.4. The third-order valence-electron chi connectivity index (χ3n) is 5.96. The SMILES string of the molecule is Cc1nn(Cc2ccccc2)c(Cl)c1C(=O)N1CCC[C@H]2CCCC[C@@H]21. The van der Waals surface area contributed by atoms with E-state index in [0.717, 1.165) is 30.6 Å². The Morgan fingerprint density at radius 2 is 1.88 bits per heavy atom. The second kappa shape index (κ2) is 7.43. The van der Waals surface area contributed by atoms with Crippen molar-refractivity contribution in [2.45, 2.75) is 58.0 Å². The molecule has 1 aromatic heterocycles. The van der Waals surface area contributed by atoms with Crippen LogP contribution < -0.4 is 0 Å². The van der Waals surface area contributed by atoms with Gasteiger partial charge in [-0.25, -0.2) is 4.68 Å². The van der Waals surface area contributed by atoms with Gasteiger partial charge in [0.05, 0.1) is 17.8 Å². The molecule has 0 spiro atoms. The minimum absolute atomic E-state index is 0.0726. The lowest BCUT2D eigenvalue weighted by atomic mass is 9.78. The Labute approximate surface area is 160 Å². The Balaban J connectivity index is 1.60. The molecule has 1 amide bonds. The van der Waals surface area contributed by atoms with Crippen molar-refractivity contribution in [2.24, 2.45) is 5.92 Å². The van der Waals surface area contributed by atoms with E-state index in [4.69, 9.17) is 11.6 Å². The van der Waals surface area contributed by atoms with E-state index in [0.29, 0.717) is 29.2 Å². The number of nitrogens with zero attached hydrogens (tertiary/aromatic N) is 3. The molecule has 138 valence electrons. The Morgan fingerprint density at radius 3 is 2.69 bits per heavy atom. The van der Waals surface area contributed by atoms with Crippen molar-refractivity contribution in [2.75, 3.05) is 6.54 Å². The van der Waals surface area contributed by atoms with Gasteiger partial charge in [-0.3, -0.25) is 4.79 Å². The number of halogens is 1. The molecule has 0 N–H and O–H groups in total. The van der Waals surface area contributed by atoms with Crippen LogP contribution in [0.1, 0.15) is 60.1 Å². The molecule has 1 saturated heterocycles. The molecular formula is C21H26ClN3O. The van der Waals surface area contributed by atoms with E-state index < -0.39 is 0 Å². The van der Waals surface area contributed by atoms with Crippen molar-refractivity contribution in [3.05, 3.63) is 52.3 Å². The number of rotatable bonds is 3. The van der Waals surface area contributed by atoms with Crippen LogP contribution in [0.4, 0.5) is 0 Å². The molecule has 5 heteroatoms. The maximum Gasteiger partial charge on any atom is 0.259 e. The first-order chi connectivity index (χ1) is 12.6. The lowest BCUT2D eigenvalue weighted by Gasteiger charge is -2.44. The number of carbonyl (C=O) groups excluding carboxylic acids is 1. The number of fused-ring (bicyclic) bond motifs is 1. The summed E-state index contributed by atoms with van der Waals surface area (Å²) in [5.74, 6) is 0.739. The van der Waals surface area contributed by atoms with E-state index in [1.165, 1.54) is 25.7 Å². The summed E-state index contributed by atoms with van der Waals surface area (Å²) in [5, 5.41) is 5.03. The fourth-order valence-electron chi connectivity index (χ4n) is 4.68. The smallest absolute Gasteiger partial charge is 0.259 e. The Kier molecular flexibility index (Phi) is 5.03. The highest BCUT2D eigenvalue weighted by Crippen LogP contribution is 2.37. The lowest BCUT2D eigenvalue weighted by molar-refractivity contribution is 0.0390. The molecule has 1 aromatic carbocycles. The molecule has 0 bridgehead atoms. The van der Waals surface area contributed by atoms with Crippen LogP contribution in [0.2, 0.25) is 5.15 Å². The first-order valence-corrected chi connectivity index (χ1v) is 10.1. The van der Waals surface area contributed by atoms with Crippen molar-refractivity contribution < 1.29 is 4.79 Å². The van der Waals surface area contributed by atoms with E-state index in [9.17, 15) is 4.79 Å². The van der Waals surface area contributed by atoms with Crippen molar-refractivity contribution in [1.29, 1.82) is 0 Å². The quantitative estimate of drug-likeness (QED) is 0.785. The summed E-state index contributed by atoms with van der Waals surface area (Å²) in [5.41, 5.74) is 2.45. The second-order valence-corrected chi connectivity index (χ2v) is 8.01. The highest BCUT2D eigenvalue weighted by atomic mass is 35.5. The van der Waals surface area contributed by atoms with Gasteiger partial charge in [0.15, 0.2) is 0 Å². The fourth-order valence-corrected chi connectivity index (χ4v) is 4.99. The maximum absolute atomic E-state index is 13.4. The summed E-state index contributed by atoms with van der Waals surface area (Å²) in [7, 11) is 0. The molecule has 4 nitrogen and oxygen atoms in total. The molecule has 1 aliphatic heterocycles. The number of hydrogen-bond acceptors (Lipinski definition) is 2. The third-order valence-corrected chi connectivity index (χ3v) is 6.34. The number of benzene rings is 1. The van der Waals surface area contributed by atoms with Gasteiger partial charge >= 0.3 is 0 Å². The molecule has 2 atom stereocenters. The Morgan fingerprint density at radius 1 is 1.15 bits per heavy atom. The zero-order valence-electron chi connectivity index (χ0n) is 15.3. The zero-order chi connectivity index (χ0) is 18.1. The van der Waals surface area contributed by atoms with E-state index in [2.05, 4.69) is 10.00 Å². The predicted octanol–water partition coefficient (Wildman–Crippen LogP) is 4.69. The number of aromatic nitrogens is 2. The number of aryl methyl sites for hydroxylation is 1. The van der Waals surface area contributed by atoms with E-state index >= 15 is 0 Å². The number of hydrogen-bond donors (Lipinski definition) is 0. The van der Waals surface area contributed by atoms with E-state index in [-0.39, 0.29) is 5.91 Å². The minimum Gasteiger partial charge on any atom is -0.335 e. The second-order valence-electron chi connectivity index (χ2n) is 7.65. The number of carbonyl (C=O) groups is 1. The van der Waals surface area contributed by atoms with Crippen molar-refractivity contribution in [3.8, 4) is 0 Å². The molecule has 26 heavy (non-hydrogen) atoms. The molecule has 2 aromatic rings. The third kappa shape index (κ3) is 3.27. The molecule has 0 radical (unpaired) electrons. The fraction of sp³-hybridized carbons (Fsp3) is 0.524. The molecule has 4 rings (SSSR count). The molecule has 2 heterocycles. The zero-order valence-corrected chi connectivity index (χ0v) is 16.1. The minimum atomic E-state index is 0.0726. The first-order valence-electron chi connectivity index (χ1n) is 9.73. The van der Waals surface area contributed by atoms with Gasteiger partial charge in [0.2, 0.25) is 0 Å². The van der Waals surface area contributed by atoms with Crippen LogP contribution in [0, 0.1) is 12.8 Å². The normalized spacial score (nSPS) is 22.9. The van der Waals surface area contributed by atoms with Crippen LogP contribution in [0.25, 0.3) is 0 Å². The highest BCUT2D eigenvalue weighted by molar-refractivity contribution is 6.33. The van der Waals surface area contributed by atoms with Crippen molar-refractivity contribution in [1.82, 2.24) is 14.7 Å². The standard InChI is InChI=1S/C21H26ClN3O/c1-15-19(20(22)25(23-15)14-16-8-3-2-4-9-16)21(26)24-13-7-11-17-10-5-6-12-18(17)24/h2-4,8-9,17-18H,5-7,10-14H2,1H3/t17-,18+/m1/s1. The Hall–Kier alpha value is -1.81. The average molecular weight is 372 g/mol. The van der Waals surface area contributed by atoms with Gasteiger partial charge in [0.1, 0.15) is 5.15 Å². The van der Waals surface area contributed by atoms with Crippen LogP contribution in [-0.2, 0) is 6.54 Å². The molecular weight excluding hydrogens is 346 g/mol. The summed E-state index contributed by atoms with van der Waals surface area (Å²) in [6, 6.07) is 10.5. The first kappa shape index (κ1) is 17.6. The van der Waals surface area contributed by atoms with Crippen LogP contribution in [-0.4, -0.2) is 33.2 Å². The van der Waals surface area contributed by atoms with Gasteiger partial charge in [-0.1, -0.05) is 54.8 Å². The number of piperidine rings is 1. The molecule has 1 saturated carbocycles. The summed E-state index contributed by atoms with van der Waals surface area (Å²) < 4.78 is 1.75. The predicted molar refractivity (Wildman–Crippen MR) is 104 cm³/mol. The van der Waals surface area contributed by atoms with Gasteiger partial charge in [-0.2, -0.15) is 5.10 Å². The van der Waals surface area contributed by atoms with Gasteiger partial charge < -0.3 is 4.90 Å². The number of amides is 1. The monoisotopic (exact) mass is 371 g/mol. The Bertz CT molecular complexity index is 784. The molecule has 2 aliphatic rings. The van der Waals surface area contributed by atoms with Crippen molar-refractivity contribution in [3.63, 3.8) is 0 Å². The van der Waals surface area contributed by atoms with Gasteiger partial charge in [-0.05, 0) is 44.1 Å². The molecule has 1 aliphatic carbocycles. The lowest BCUT2D eigenvalue weighted by Crippen LogP contribution is -2.49. The van der Waals surface area contributed by atoms with Gasteiger partial charge in [0, 0.05) is 12.6 Å². The molecule has 0 unspecified atom stereocenters. The summed E-state index contributed by atoms with van der Waals surface area (Å²) in [6.45, 7) is 3.32. The van der Waals surface area contributed by atoms with Gasteiger partial charge in [-0.15, -0.1) is 0 Å². The molecule has 2 fully saturated rings. The summed E-state index contributed by atoms with van der Waals surface area (Å²) in [6.07, 6.45) is 7.28. The van der Waals surface area contributed by atoms with E-state index in [1.807, 2.05) is 37.3 Å². The average Bonchev–Trinajstić information content (AvgIpc) is 2.95. The van der Waals surface area contributed by atoms with Crippen LogP contribution >= 0.6 is 11.6 Å². The number of likely N-dealkylation sites (tertiary alicyclic amines) is 1. The van der Waals surface area contributed by atoms with E-state index in [1.54, 1.807) is 4.68 Å². The maximum atomic E-state index is 13.4. The van der Waals surface area contributed by atoms with Crippen molar-refractivity contribution >= 4 is 17.5 Å². The van der Waals surface area contributed by atoms with Crippen LogP contribution in [0.15, 0.2) is 30.3 Å².